The van der Waals surface area contributed by atoms with E-state index in [1.54, 1.807) is 18.3 Å². The Kier molecular flexibility index (Phi) is 3.84. The van der Waals surface area contributed by atoms with E-state index in [1.807, 2.05) is 0 Å². The summed E-state index contributed by atoms with van der Waals surface area (Å²) in [7, 11) is 0. The van der Waals surface area contributed by atoms with Gasteiger partial charge in [0.1, 0.15) is 6.61 Å². The van der Waals surface area contributed by atoms with Gasteiger partial charge in [0.15, 0.2) is 17.4 Å². The fraction of sp³-hybridized carbons (Fsp3) is 0.154. The molecule has 0 fully saturated rings. The van der Waals surface area contributed by atoms with E-state index in [0.29, 0.717) is 11.3 Å². The predicted octanol–water partition coefficient (Wildman–Crippen LogP) is 2.40. The molecule has 5 heteroatoms. The first-order valence-corrected chi connectivity index (χ1v) is 5.42. The number of ether oxygens (including phenoxy) is 1. The van der Waals surface area contributed by atoms with E-state index in [4.69, 9.17) is 10.5 Å². The molecule has 0 amide bonds. The Hall–Kier alpha value is -2.01. The fourth-order valence-corrected chi connectivity index (χ4v) is 1.56. The van der Waals surface area contributed by atoms with Crippen LogP contribution in [0.1, 0.15) is 11.3 Å². The van der Waals surface area contributed by atoms with E-state index in [2.05, 4.69) is 4.98 Å². The van der Waals surface area contributed by atoms with Gasteiger partial charge < -0.3 is 10.5 Å². The summed E-state index contributed by atoms with van der Waals surface area (Å²) < 4.78 is 31.8. The number of nitrogens with two attached hydrogens (primary N) is 1. The quantitative estimate of drug-likeness (QED) is 0.906. The molecule has 94 valence electrons. The van der Waals surface area contributed by atoms with Gasteiger partial charge in [-0.3, -0.25) is 4.98 Å². The Balaban J connectivity index is 2.16. The molecule has 0 unspecified atom stereocenters. The van der Waals surface area contributed by atoms with Crippen LogP contribution in [0.4, 0.5) is 8.78 Å². The van der Waals surface area contributed by atoms with Gasteiger partial charge in [-0.15, -0.1) is 0 Å². The van der Waals surface area contributed by atoms with Gasteiger partial charge in [-0.05, 0) is 18.2 Å². The van der Waals surface area contributed by atoms with E-state index in [9.17, 15) is 8.78 Å². The molecule has 0 radical (unpaired) electrons. The van der Waals surface area contributed by atoms with Crippen LogP contribution in [0.15, 0.2) is 36.5 Å². The zero-order chi connectivity index (χ0) is 13.0. The average molecular weight is 250 g/mol. The molecule has 1 aromatic heterocycles. The Morgan fingerprint density at radius 3 is 2.50 bits per heavy atom. The molecule has 1 heterocycles. The number of halogens is 2. The zero-order valence-electron chi connectivity index (χ0n) is 9.57. The van der Waals surface area contributed by atoms with Crippen LogP contribution in [0.25, 0.3) is 0 Å². The summed E-state index contributed by atoms with van der Waals surface area (Å²) in [5.74, 6) is -1.84. The summed E-state index contributed by atoms with van der Waals surface area (Å²) in [6.07, 6.45) is 1.61. The second-order valence-corrected chi connectivity index (χ2v) is 3.65. The predicted molar refractivity (Wildman–Crippen MR) is 62.8 cm³/mol. The topological polar surface area (TPSA) is 48.1 Å². The fourth-order valence-electron chi connectivity index (χ4n) is 1.56. The standard InChI is InChI=1S/C13H12F2N2O/c14-10-4-1-5-11(15)13(10)18-8-9-3-2-6-17-12(9)7-16/h1-6H,7-8,16H2. The Morgan fingerprint density at radius 2 is 1.83 bits per heavy atom. The molecule has 0 atom stereocenters. The summed E-state index contributed by atoms with van der Waals surface area (Å²) >= 11 is 0. The molecule has 0 aliphatic rings. The highest BCUT2D eigenvalue weighted by molar-refractivity contribution is 5.27. The van der Waals surface area contributed by atoms with E-state index in [1.165, 1.54) is 6.07 Å². The van der Waals surface area contributed by atoms with Gasteiger partial charge in [0.05, 0.1) is 5.69 Å². The van der Waals surface area contributed by atoms with Gasteiger partial charge in [-0.1, -0.05) is 12.1 Å². The van der Waals surface area contributed by atoms with Crippen LogP contribution < -0.4 is 10.5 Å². The van der Waals surface area contributed by atoms with Gasteiger partial charge >= 0.3 is 0 Å². The molecule has 0 bridgehead atoms. The van der Waals surface area contributed by atoms with Crippen molar-refractivity contribution in [2.24, 2.45) is 5.73 Å². The van der Waals surface area contributed by atoms with Gasteiger partial charge in [0.25, 0.3) is 0 Å². The molecule has 0 aliphatic heterocycles. The number of rotatable bonds is 4. The first kappa shape index (κ1) is 12.4. The van der Waals surface area contributed by atoms with Gasteiger partial charge in [-0.2, -0.15) is 0 Å². The first-order chi connectivity index (χ1) is 8.72. The van der Waals surface area contributed by atoms with Gasteiger partial charge in [0, 0.05) is 18.3 Å². The zero-order valence-corrected chi connectivity index (χ0v) is 9.57. The summed E-state index contributed by atoms with van der Waals surface area (Å²) in [5.41, 5.74) is 6.87. The molecule has 2 N–H and O–H groups in total. The summed E-state index contributed by atoms with van der Waals surface area (Å²) in [5, 5.41) is 0. The smallest absolute Gasteiger partial charge is 0.191 e. The van der Waals surface area contributed by atoms with Crippen LogP contribution in [0.2, 0.25) is 0 Å². The van der Waals surface area contributed by atoms with Crippen LogP contribution in [-0.2, 0) is 13.2 Å². The number of aromatic nitrogens is 1. The number of hydrogen-bond donors (Lipinski definition) is 1. The van der Waals surface area contributed by atoms with Crippen molar-refractivity contribution in [1.82, 2.24) is 4.98 Å². The molecule has 2 rings (SSSR count). The molecule has 0 saturated carbocycles. The first-order valence-electron chi connectivity index (χ1n) is 5.42. The molecule has 0 aliphatic carbocycles. The van der Waals surface area contributed by atoms with E-state index in [-0.39, 0.29) is 18.9 Å². The highest BCUT2D eigenvalue weighted by Gasteiger charge is 2.10. The molecule has 0 spiro atoms. The van der Waals surface area contributed by atoms with Crippen molar-refractivity contribution in [3.05, 3.63) is 59.4 Å². The minimum Gasteiger partial charge on any atom is -0.483 e. The highest BCUT2D eigenvalue weighted by atomic mass is 19.1. The van der Waals surface area contributed by atoms with Crippen LogP contribution >= 0.6 is 0 Å². The second kappa shape index (κ2) is 5.55. The molecular formula is C13H12F2N2O. The largest absolute Gasteiger partial charge is 0.483 e. The lowest BCUT2D eigenvalue weighted by molar-refractivity contribution is 0.272. The van der Waals surface area contributed by atoms with E-state index < -0.39 is 11.6 Å². The van der Waals surface area contributed by atoms with E-state index in [0.717, 1.165) is 12.1 Å². The summed E-state index contributed by atoms with van der Waals surface area (Å²) in [4.78, 5) is 4.06. The van der Waals surface area contributed by atoms with Crippen LogP contribution in [0, 0.1) is 11.6 Å². The van der Waals surface area contributed by atoms with Gasteiger partial charge in [-0.25, -0.2) is 8.78 Å². The van der Waals surface area contributed by atoms with Crippen molar-refractivity contribution < 1.29 is 13.5 Å². The van der Waals surface area contributed by atoms with Crippen LogP contribution in [0.3, 0.4) is 0 Å². The SMILES string of the molecule is NCc1ncccc1COc1c(F)cccc1F. The lowest BCUT2D eigenvalue weighted by Crippen LogP contribution is -2.07. The Morgan fingerprint density at radius 1 is 1.11 bits per heavy atom. The minimum atomic E-state index is -0.729. The molecule has 3 nitrogen and oxygen atoms in total. The molecule has 0 saturated heterocycles. The number of nitrogens with zero attached hydrogens (tertiary/aromatic N) is 1. The molecule has 1 aromatic carbocycles. The lowest BCUT2D eigenvalue weighted by Gasteiger charge is -2.10. The Labute approximate surface area is 103 Å². The van der Waals surface area contributed by atoms with Crippen molar-refractivity contribution in [2.45, 2.75) is 13.2 Å². The Bertz CT molecular complexity index is 526. The average Bonchev–Trinajstić information content (AvgIpc) is 2.38. The maximum Gasteiger partial charge on any atom is 0.191 e. The number of hydrogen-bond acceptors (Lipinski definition) is 3. The van der Waals surface area contributed by atoms with Crippen molar-refractivity contribution in [3.63, 3.8) is 0 Å². The normalized spacial score (nSPS) is 10.4. The highest BCUT2D eigenvalue weighted by Crippen LogP contribution is 2.22. The maximum atomic E-state index is 13.3. The van der Waals surface area contributed by atoms with Crippen LogP contribution in [-0.4, -0.2) is 4.98 Å². The third-order valence-electron chi connectivity index (χ3n) is 2.47. The van der Waals surface area contributed by atoms with Crippen LogP contribution in [0.5, 0.6) is 5.75 Å². The minimum absolute atomic E-state index is 0.0260. The summed E-state index contributed by atoms with van der Waals surface area (Å²) in [6.45, 7) is 0.275. The van der Waals surface area contributed by atoms with E-state index >= 15 is 0 Å². The van der Waals surface area contributed by atoms with Gasteiger partial charge in [0.2, 0.25) is 0 Å². The molecule has 2 aromatic rings. The number of para-hydroxylation sites is 1. The van der Waals surface area contributed by atoms with Crippen molar-refractivity contribution in [3.8, 4) is 5.75 Å². The monoisotopic (exact) mass is 250 g/mol. The third-order valence-corrected chi connectivity index (χ3v) is 2.47. The number of pyridine rings is 1. The number of benzene rings is 1. The second-order valence-electron chi connectivity index (χ2n) is 3.65. The summed E-state index contributed by atoms with van der Waals surface area (Å²) in [6, 6.07) is 7.05. The maximum absolute atomic E-state index is 13.3. The molecule has 18 heavy (non-hydrogen) atoms. The van der Waals surface area contributed by atoms with Crippen molar-refractivity contribution >= 4 is 0 Å². The third kappa shape index (κ3) is 2.62. The van der Waals surface area contributed by atoms with Crippen molar-refractivity contribution in [2.75, 3.05) is 0 Å². The van der Waals surface area contributed by atoms with Crippen molar-refractivity contribution in [1.29, 1.82) is 0 Å². The lowest BCUT2D eigenvalue weighted by atomic mass is 10.2. The molecular weight excluding hydrogens is 238 g/mol.